The summed E-state index contributed by atoms with van der Waals surface area (Å²) in [5.41, 5.74) is 0. The molecule has 0 aromatic rings. The average molecular weight is 262 g/mol. The molecule has 0 aromatic carbocycles. The van der Waals surface area contributed by atoms with E-state index in [-0.39, 0.29) is 25.7 Å². The van der Waals surface area contributed by atoms with Crippen LogP contribution in [0.4, 0.5) is 0 Å². The van der Waals surface area contributed by atoms with Gasteiger partial charge in [0.15, 0.2) is 11.8 Å². The zero-order valence-electron chi connectivity index (χ0n) is 9.40. The Morgan fingerprint density at radius 2 is 0.833 bits per heavy atom. The molecule has 0 aliphatic heterocycles. The molecule has 0 atom stereocenters. The van der Waals surface area contributed by atoms with Crippen LogP contribution in [-0.2, 0) is 19.2 Å². The largest absolute Gasteiger partial charge is 0.481 e. The lowest BCUT2D eigenvalue weighted by atomic mass is 9.97. The maximum atomic E-state index is 10.5. The van der Waals surface area contributed by atoms with Crippen molar-refractivity contribution in [3.05, 3.63) is 0 Å². The fourth-order valence-electron chi connectivity index (χ4n) is 1.40. The Labute approximate surface area is 102 Å². The van der Waals surface area contributed by atoms with Crippen molar-refractivity contribution in [2.75, 3.05) is 0 Å². The van der Waals surface area contributed by atoms with E-state index >= 15 is 0 Å². The van der Waals surface area contributed by atoms with E-state index in [1.54, 1.807) is 0 Å². The lowest BCUT2D eigenvalue weighted by Crippen LogP contribution is -2.24. The van der Waals surface area contributed by atoms with Gasteiger partial charge in [0.25, 0.3) is 0 Å². The fraction of sp³-hybridized carbons (Fsp3) is 0.600. The summed E-state index contributed by atoms with van der Waals surface area (Å²) in [4.78, 5) is 42.1. The minimum atomic E-state index is -1.54. The van der Waals surface area contributed by atoms with Crippen LogP contribution in [0.1, 0.15) is 25.7 Å². The standard InChI is InChI=1S/C10H14O8/c11-7(12)5(8(13)14)3-1-2-4-6(9(15)16)10(17)18/h5-6H,1-4H2,(H,11,12)(H,13,14)(H,15,16)(H,17,18). The zero-order chi connectivity index (χ0) is 14.3. The predicted molar refractivity (Wildman–Crippen MR) is 56.0 cm³/mol. The van der Waals surface area contributed by atoms with Gasteiger partial charge in [0, 0.05) is 0 Å². The number of rotatable bonds is 9. The first-order chi connectivity index (χ1) is 8.27. The summed E-state index contributed by atoms with van der Waals surface area (Å²) in [6, 6.07) is 0. The summed E-state index contributed by atoms with van der Waals surface area (Å²) in [7, 11) is 0. The number of carboxylic acids is 4. The van der Waals surface area contributed by atoms with E-state index in [1.807, 2.05) is 0 Å². The highest BCUT2D eigenvalue weighted by Gasteiger charge is 2.27. The van der Waals surface area contributed by atoms with Crippen molar-refractivity contribution in [2.24, 2.45) is 11.8 Å². The van der Waals surface area contributed by atoms with E-state index < -0.39 is 35.7 Å². The molecular weight excluding hydrogens is 248 g/mol. The molecule has 0 spiro atoms. The summed E-state index contributed by atoms with van der Waals surface area (Å²) < 4.78 is 0. The molecular formula is C10H14O8. The highest BCUT2D eigenvalue weighted by Crippen LogP contribution is 2.15. The Balaban J connectivity index is 4.12. The molecule has 0 heterocycles. The van der Waals surface area contributed by atoms with E-state index in [4.69, 9.17) is 20.4 Å². The zero-order valence-corrected chi connectivity index (χ0v) is 9.40. The van der Waals surface area contributed by atoms with Gasteiger partial charge in [0.05, 0.1) is 0 Å². The van der Waals surface area contributed by atoms with Gasteiger partial charge in [-0.2, -0.15) is 0 Å². The second kappa shape index (κ2) is 7.25. The molecule has 0 radical (unpaired) electrons. The number of unbranched alkanes of at least 4 members (excludes halogenated alkanes) is 1. The van der Waals surface area contributed by atoms with Crippen molar-refractivity contribution in [2.45, 2.75) is 25.7 Å². The van der Waals surface area contributed by atoms with Crippen LogP contribution in [0.5, 0.6) is 0 Å². The van der Waals surface area contributed by atoms with Gasteiger partial charge in [-0.3, -0.25) is 19.2 Å². The Morgan fingerprint density at radius 1 is 0.611 bits per heavy atom. The summed E-state index contributed by atoms with van der Waals surface area (Å²) in [5, 5.41) is 34.2. The molecule has 0 fully saturated rings. The van der Waals surface area contributed by atoms with Gasteiger partial charge in [0.2, 0.25) is 0 Å². The Bertz CT molecular complexity index is 286. The monoisotopic (exact) mass is 262 g/mol. The lowest BCUT2D eigenvalue weighted by molar-refractivity contribution is -0.157. The molecule has 0 bridgehead atoms. The highest BCUT2D eigenvalue weighted by molar-refractivity contribution is 5.93. The Hall–Kier alpha value is -2.12. The van der Waals surface area contributed by atoms with Gasteiger partial charge >= 0.3 is 23.9 Å². The van der Waals surface area contributed by atoms with E-state index in [9.17, 15) is 19.2 Å². The Kier molecular flexibility index (Phi) is 6.40. The molecule has 18 heavy (non-hydrogen) atoms. The van der Waals surface area contributed by atoms with E-state index in [0.717, 1.165) is 0 Å². The number of aliphatic carboxylic acids is 4. The van der Waals surface area contributed by atoms with Crippen LogP contribution in [0.15, 0.2) is 0 Å². The van der Waals surface area contributed by atoms with Gasteiger partial charge in [-0.25, -0.2) is 0 Å². The molecule has 0 saturated carbocycles. The second-order valence-corrected chi connectivity index (χ2v) is 3.74. The lowest BCUT2D eigenvalue weighted by Gasteiger charge is -2.09. The summed E-state index contributed by atoms with van der Waals surface area (Å²) in [5.74, 6) is -8.94. The summed E-state index contributed by atoms with van der Waals surface area (Å²) in [6.07, 6.45) is -0.0338. The van der Waals surface area contributed by atoms with Crippen molar-refractivity contribution >= 4 is 23.9 Å². The van der Waals surface area contributed by atoms with Crippen LogP contribution < -0.4 is 0 Å². The summed E-state index contributed by atoms with van der Waals surface area (Å²) in [6.45, 7) is 0. The molecule has 102 valence electrons. The topological polar surface area (TPSA) is 149 Å². The Morgan fingerprint density at radius 3 is 1.00 bits per heavy atom. The maximum absolute atomic E-state index is 10.5. The predicted octanol–water partition coefficient (Wildman–Crippen LogP) is 0.118. The third-order valence-electron chi connectivity index (χ3n) is 2.43. The van der Waals surface area contributed by atoms with Crippen molar-refractivity contribution in [3.8, 4) is 0 Å². The number of carbonyl (C=O) groups is 4. The van der Waals surface area contributed by atoms with Crippen LogP contribution in [-0.4, -0.2) is 44.3 Å². The minimum Gasteiger partial charge on any atom is -0.481 e. The molecule has 0 rings (SSSR count). The van der Waals surface area contributed by atoms with Crippen LogP contribution in [0.25, 0.3) is 0 Å². The number of carboxylic acid groups (broad SMARTS) is 4. The fourth-order valence-corrected chi connectivity index (χ4v) is 1.40. The quantitative estimate of drug-likeness (QED) is 0.338. The normalized spacial score (nSPS) is 10.6. The number of hydrogen-bond acceptors (Lipinski definition) is 4. The highest BCUT2D eigenvalue weighted by atomic mass is 16.4. The van der Waals surface area contributed by atoms with Crippen LogP contribution in [0.2, 0.25) is 0 Å². The van der Waals surface area contributed by atoms with E-state index in [2.05, 4.69) is 0 Å². The third-order valence-corrected chi connectivity index (χ3v) is 2.43. The first-order valence-corrected chi connectivity index (χ1v) is 5.18. The van der Waals surface area contributed by atoms with Gasteiger partial charge in [-0.1, -0.05) is 12.8 Å². The second-order valence-electron chi connectivity index (χ2n) is 3.74. The van der Waals surface area contributed by atoms with Gasteiger partial charge < -0.3 is 20.4 Å². The average Bonchev–Trinajstić information content (AvgIpc) is 2.20. The number of hydrogen-bond donors (Lipinski definition) is 4. The van der Waals surface area contributed by atoms with Crippen molar-refractivity contribution < 1.29 is 39.6 Å². The van der Waals surface area contributed by atoms with Crippen molar-refractivity contribution in [1.82, 2.24) is 0 Å². The molecule has 0 aliphatic carbocycles. The van der Waals surface area contributed by atoms with E-state index in [0.29, 0.717) is 0 Å². The minimum absolute atomic E-state index is 0.139. The molecule has 4 N–H and O–H groups in total. The summed E-state index contributed by atoms with van der Waals surface area (Å²) >= 11 is 0. The van der Waals surface area contributed by atoms with Crippen LogP contribution in [0.3, 0.4) is 0 Å². The van der Waals surface area contributed by atoms with Gasteiger partial charge in [-0.15, -0.1) is 0 Å². The van der Waals surface area contributed by atoms with Crippen molar-refractivity contribution in [3.63, 3.8) is 0 Å². The van der Waals surface area contributed by atoms with Crippen molar-refractivity contribution in [1.29, 1.82) is 0 Å². The molecule has 0 aromatic heterocycles. The molecule has 0 aliphatic rings. The molecule has 0 saturated heterocycles. The maximum Gasteiger partial charge on any atom is 0.317 e. The first-order valence-electron chi connectivity index (χ1n) is 5.18. The molecule has 0 amide bonds. The molecule has 8 heteroatoms. The third kappa shape index (κ3) is 5.28. The molecule has 8 nitrogen and oxygen atoms in total. The SMILES string of the molecule is O=C(O)C(CCCCC(C(=O)O)C(=O)O)C(=O)O. The molecule has 0 unspecified atom stereocenters. The smallest absolute Gasteiger partial charge is 0.317 e. The first kappa shape index (κ1) is 15.9. The van der Waals surface area contributed by atoms with Crippen LogP contribution >= 0.6 is 0 Å². The van der Waals surface area contributed by atoms with Crippen LogP contribution in [0, 0.1) is 11.8 Å². The van der Waals surface area contributed by atoms with Gasteiger partial charge in [-0.05, 0) is 12.8 Å². The van der Waals surface area contributed by atoms with Gasteiger partial charge in [0.1, 0.15) is 0 Å². The van der Waals surface area contributed by atoms with E-state index in [1.165, 1.54) is 0 Å².